The summed E-state index contributed by atoms with van der Waals surface area (Å²) < 4.78 is 34.7. The van der Waals surface area contributed by atoms with Crippen molar-refractivity contribution in [2.24, 2.45) is 0 Å². The summed E-state index contributed by atoms with van der Waals surface area (Å²) in [6, 6.07) is 0. The van der Waals surface area contributed by atoms with Gasteiger partial charge >= 0.3 is 0 Å². The van der Waals surface area contributed by atoms with Gasteiger partial charge in [-0.3, -0.25) is 0 Å². The third kappa shape index (κ3) is 35.8. The molecule has 0 aromatic carbocycles. The molecular weight excluding hydrogens is 394 g/mol. The Bertz CT molecular complexity index is 319. The normalized spacial score (nSPS) is 12.0. The summed E-state index contributed by atoms with van der Waals surface area (Å²) in [7, 11) is -0.622. The van der Waals surface area contributed by atoms with Crippen molar-refractivity contribution >= 4 is 0 Å². The predicted octanol–water partition coefficient (Wildman–Crippen LogP) is 2.52. The maximum atomic E-state index is 8.49. The van der Waals surface area contributed by atoms with Gasteiger partial charge in [0.25, 0.3) is 0 Å². The molecule has 0 bridgehead atoms. The largest absolute Gasteiger partial charge is 0.222 e. The van der Waals surface area contributed by atoms with Crippen LogP contribution in [-0.4, -0.2) is 31.9 Å². The maximum absolute atomic E-state index is 8.49. The minimum Gasteiger partial charge on any atom is -0.222 e. The van der Waals surface area contributed by atoms with E-state index in [4.69, 9.17) is 23.5 Å². The van der Waals surface area contributed by atoms with Gasteiger partial charge in [0.2, 0.25) is 0 Å². The molecule has 0 saturated carbocycles. The van der Waals surface area contributed by atoms with Crippen LogP contribution in [0, 0.1) is 10.2 Å². The van der Waals surface area contributed by atoms with Gasteiger partial charge < -0.3 is 0 Å². The van der Waals surface area contributed by atoms with Crippen molar-refractivity contribution in [3.05, 3.63) is 0 Å². The van der Waals surface area contributed by atoms with Gasteiger partial charge in [0.15, 0.2) is 0 Å². The van der Waals surface area contributed by atoms with Gasteiger partial charge in [-0.05, 0) is 19.8 Å². The minimum absolute atomic E-state index is 0.717. The first kappa shape index (κ1) is 31.2. The zero-order valence-corrected chi connectivity index (χ0v) is 20.4. The Morgan fingerprint density at radius 1 is 0.552 bits per heavy atom. The molecule has 0 aliphatic rings. The van der Waals surface area contributed by atoms with E-state index in [0.29, 0.717) is 0 Å². The Kier molecular flexibility index (Phi) is 22.9. The molecule has 0 amide bonds. The summed E-state index contributed by atoms with van der Waals surface area (Å²) in [4.78, 5) is 5.69. The molecule has 0 atom stereocenters. The average molecular weight is 442 g/mol. The zero-order valence-electron chi connectivity index (χ0n) is 19.6. The number of halogens is 1. The molecule has 7 heteroatoms. The van der Waals surface area contributed by atoms with E-state index in [1.165, 1.54) is 103 Å². The average Bonchev–Trinajstić information content (AvgIpc) is 2.60. The topological polar surface area (TPSA) is 101 Å². The van der Waals surface area contributed by atoms with Crippen LogP contribution in [-0.2, 0) is 4.84 Å². The SMILES string of the molecule is CCCCCCCCCCCCCCCCCC[N+](C)(C)OCC.[O-][Cl+3]([O-])([O-])[O-]. The Balaban J connectivity index is 0. The molecule has 0 N–H and O–H groups in total. The van der Waals surface area contributed by atoms with Gasteiger partial charge in [0, 0.05) is 0 Å². The van der Waals surface area contributed by atoms with Crippen molar-refractivity contribution in [3.8, 4) is 0 Å². The molecule has 0 fully saturated rings. The molecule has 0 spiro atoms. The first-order valence-corrected chi connectivity index (χ1v) is 12.9. The van der Waals surface area contributed by atoms with E-state index in [-0.39, 0.29) is 0 Å². The molecule has 0 aliphatic carbocycles. The highest BCUT2D eigenvalue weighted by Crippen LogP contribution is 2.14. The molecule has 0 rings (SSSR count). The van der Waals surface area contributed by atoms with Crippen LogP contribution in [0.1, 0.15) is 117 Å². The number of nitrogens with zero attached hydrogens (tertiary/aromatic N) is 1. The highest BCUT2D eigenvalue weighted by molar-refractivity contribution is 4.49. The highest BCUT2D eigenvalue weighted by Gasteiger charge is 2.14. The Hall–Kier alpha value is 0.0500. The summed E-state index contributed by atoms with van der Waals surface area (Å²) in [5, 5.41) is 0. The fourth-order valence-corrected chi connectivity index (χ4v) is 3.45. The molecule has 0 unspecified atom stereocenters. The maximum Gasteiger partial charge on any atom is 0.108 e. The number of hydroxylamine groups is 3. The molecule has 29 heavy (non-hydrogen) atoms. The summed E-state index contributed by atoms with van der Waals surface area (Å²) in [5.74, 6) is 0. The van der Waals surface area contributed by atoms with Crippen LogP contribution < -0.4 is 18.6 Å². The van der Waals surface area contributed by atoms with Crippen LogP contribution in [0.15, 0.2) is 0 Å². The lowest BCUT2D eigenvalue weighted by atomic mass is 10.0. The fraction of sp³-hybridized carbons (Fsp3) is 1.00. The van der Waals surface area contributed by atoms with E-state index in [9.17, 15) is 0 Å². The lowest BCUT2D eigenvalue weighted by molar-refractivity contribution is -2.00. The first-order chi connectivity index (χ1) is 13.6. The quantitative estimate of drug-likeness (QED) is 0.174. The molecule has 0 aliphatic heterocycles. The van der Waals surface area contributed by atoms with Gasteiger partial charge in [0.05, 0.1) is 14.1 Å². The number of quaternary nitrogens is 1. The Morgan fingerprint density at radius 2 is 0.828 bits per heavy atom. The monoisotopic (exact) mass is 441 g/mol. The predicted molar refractivity (Wildman–Crippen MR) is 108 cm³/mol. The van der Waals surface area contributed by atoms with Crippen molar-refractivity contribution in [1.29, 1.82) is 0 Å². The molecule has 0 radical (unpaired) electrons. The number of rotatable bonds is 19. The van der Waals surface area contributed by atoms with Crippen molar-refractivity contribution in [2.45, 2.75) is 117 Å². The fourth-order valence-electron chi connectivity index (χ4n) is 3.45. The molecule has 0 aromatic heterocycles. The zero-order chi connectivity index (χ0) is 22.4. The minimum atomic E-state index is -4.94. The Morgan fingerprint density at radius 3 is 1.10 bits per heavy atom. The number of hydrogen-bond acceptors (Lipinski definition) is 5. The van der Waals surface area contributed by atoms with Crippen LogP contribution in [0.5, 0.6) is 0 Å². The third-order valence-electron chi connectivity index (χ3n) is 5.03. The van der Waals surface area contributed by atoms with E-state index >= 15 is 0 Å². The molecule has 0 aromatic rings. The van der Waals surface area contributed by atoms with Crippen molar-refractivity contribution in [3.63, 3.8) is 0 Å². The second-order valence-electron chi connectivity index (χ2n) is 8.40. The lowest BCUT2D eigenvalue weighted by Crippen LogP contribution is -2.68. The summed E-state index contributed by atoms with van der Waals surface area (Å²) in [5.41, 5.74) is 0. The number of hydrogen-bond donors (Lipinski definition) is 0. The van der Waals surface area contributed by atoms with E-state index < -0.39 is 10.2 Å². The van der Waals surface area contributed by atoms with Gasteiger partial charge in [-0.2, -0.15) is 4.65 Å². The van der Waals surface area contributed by atoms with Crippen LogP contribution >= 0.6 is 0 Å². The van der Waals surface area contributed by atoms with Crippen molar-refractivity contribution in [2.75, 3.05) is 27.2 Å². The van der Waals surface area contributed by atoms with Gasteiger partial charge in [0.1, 0.15) is 13.2 Å². The van der Waals surface area contributed by atoms with Gasteiger partial charge in [-0.25, -0.2) is 23.5 Å². The molecule has 6 nitrogen and oxygen atoms in total. The van der Waals surface area contributed by atoms with Crippen LogP contribution in [0.4, 0.5) is 0 Å². The second kappa shape index (κ2) is 21.3. The molecule has 0 heterocycles. The standard InChI is InChI=1S/C22H48NO.ClHO4/c1-5-7-8-9-10-11-12-13-14-15-16-17-18-19-20-21-22-23(3,4)24-6-2;2-1(3,4)5/h5-22H2,1-4H3;(H,2,3,4,5)/q+1;/p-1. The van der Waals surface area contributed by atoms with Crippen molar-refractivity contribution in [1.82, 2.24) is 0 Å². The summed E-state index contributed by atoms with van der Waals surface area (Å²) >= 11 is 0. The lowest BCUT2D eigenvalue weighted by Gasteiger charge is -2.26. The van der Waals surface area contributed by atoms with E-state index in [1.54, 1.807) is 0 Å². The third-order valence-corrected chi connectivity index (χ3v) is 5.03. The second-order valence-corrected chi connectivity index (χ2v) is 9.15. The molecule has 0 saturated heterocycles. The summed E-state index contributed by atoms with van der Waals surface area (Å²) in [6.07, 6.45) is 22.9. The smallest absolute Gasteiger partial charge is 0.108 e. The van der Waals surface area contributed by atoms with Crippen LogP contribution in [0.3, 0.4) is 0 Å². The first-order valence-electron chi connectivity index (χ1n) is 11.7. The summed E-state index contributed by atoms with van der Waals surface area (Å²) in [6.45, 7) is 6.33. The van der Waals surface area contributed by atoms with Crippen LogP contribution in [0.2, 0.25) is 0 Å². The van der Waals surface area contributed by atoms with E-state index in [0.717, 1.165) is 17.8 Å². The Labute approximate surface area is 182 Å². The van der Waals surface area contributed by atoms with Crippen LogP contribution in [0.25, 0.3) is 0 Å². The van der Waals surface area contributed by atoms with Crippen molar-refractivity contribution < 1.29 is 38.4 Å². The van der Waals surface area contributed by atoms with E-state index in [2.05, 4.69) is 27.9 Å². The molecule has 178 valence electrons. The van der Waals surface area contributed by atoms with Gasteiger partial charge in [-0.15, -0.1) is 10.2 Å². The molecular formula is C22H48ClNO5. The van der Waals surface area contributed by atoms with Gasteiger partial charge in [-0.1, -0.05) is 96.8 Å². The van der Waals surface area contributed by atoms with E-state index in [1.807, 2.05) is 0 Å². The number of unbranched alkanes of at least 4 members (excludes halogenated alkanes) is 15. The highest BCUT2D eigenvalue weighted by atomic mass is 35.7.